The molecule has 0 radical (unpaired) electrons. The largest absolute Gasteiger partial charge is 0.486 e. The Morgan fingerprint density at radius 1 is 1.08 bits per heavy atom. The average Bonchev–Trinajstić information content (AvgIpc) is 2.96. The molecular weight excluding hydrogens is 302 g/mol. The minimum Gasteiger partial charge on any atom is -0.486 e. The van der Waals surface area contributed by atoms with Crippen LogP contribution >= 0.6 is 0 Å². The summed E-state index contributed by atoms with van der Waals surface area (Å²) >= 11 is 0. The van der Waals surface area contributed by atoms with Gasteiger partial charge in [0.15, 0.2) is 11.5 Å². The van der Waals surface area contributed by atoms with Gasteiger partial charge in [0.05, 0.1) is 11.0 Å². The molecule has 2 aromatic carbocycles. The van der Waals surface area contributed by atoms with Crippen LogP contribution in [0.25, 0.3) is 22.4 Å². The molecule has 4 rings (SSSR count). The molecule has 0 aliphatic carbocycles. The third kappa shape index (κ3) is 2.56. The van der Waals surface area contributed by atoms with Crippen LogP contribution in [0.5, 0.6) is 11.5 Å². The van der Waals surface area contributed by atoms with E-state index in [0.717, 1.165) is 59.0 Å². The van der Waals surface area contributed by atoms with E-state index < -0.39 is 0 Å². The topological polar surface area (TPSA) is 62.3 Å². The van der Waals surface area contributed by atoms with E-state index in [2.05, 4.69) is 11.5 Å². The van der Waals surface area contributed by atoms with Gasteiger partial charge in [0, 0.05) is 29.9 Å². The van der Waals surface area contributed by atoms with Crippen molar-refractivity contribution in [3.05, 3.63) is 36.4 Å². The summed E-state index contributed by atoms with van der Waals surface area (Å²) in [5.74, 6) is 2.54. The molecule has 0 fully saturated rings. The summed E-state index contributed by atoms with van der Waals surface area (Å²) in [6.45, 7) is 4.29. The number of nitrogens with two attached hydrogens (primary N) is 1. The first kappa shape index (κ1) is 14.9. The van der Waals surface area contributed by atoms with Crippen molar-refractivity contribution < 1.29 is 9.47 Å². The number of nitrogens with zero attached hydrogens (tertiary/aromatic N) is 2. The summed E-state index contributed by atoms with van der Waals surface area (Å²) in [7, 11) is 0. The number of aromatic nitrogens is 2. The molecule has 2 heterocycles. The zero-order valence-corrected chi connectivity index (χ0v) is 13.8. The summed E-state index contributed by atoms with van der Waals surface area (Å²) in [6.07, 6.45) is 2.23. The molecule has 0 saturated heterocycles. The normalized spacial score (nSPS) is 13.4. The Balaban J connectivity index is 1.89. The maximum absolute atomic E-state index is 5.82. The maximum Gasteiger partial charge on any atom is 0.163 e. The second-order valence-electron chi connectivity index (χ2n) is 6.05. The Hall–Kier alpha value is -2.69. The predicted octanol–water partition coefficient (Wildman–Crippen LogP) is 3.86. The van der Waals surface area contributed by atoms with Crippen LogP contribution in [0.3, 0.4) is 0 Å². The Bertz CT molecular complexity index is 868. The second-order valence-corrected chi connectivity index (χ2v) is 6.05. The number of aryl methyl sites for hydroxylation is 1. The van der Waals surface area contributed by atoms with Crippen molar-refractivity contribution >= 4 is 16.7 Å². The molecule has 3 aromatic rings. The molecule has 1 aromatic heterocycles. The van der Waals surface area contributed by atoms with Gasteiger partial charge in [-0.2, -0.15) is 0 Å². The molecule has 124 valence electrons. The van der Waals surface area contributed by atoms with Crippen molar-refractivity contribution in [1.82, 2.24) is 9.55 Å². The summed E-state index contributed by atoms with van der Waals surface area (Å²) in [5, 5.41) is 0. The number of benzene rings is 2. The highest BCUT2D eigenvalue weighted by Gasteiger charge is 2.18. The van der Waals surface area contributed by atoms with E-state index in [0.29, 0.717) is 13.2 Å². The Labute approximate surface area is 141 Å². The standard InChI is InChI=1S/C19H21N3O2/c1-2-3-8-22-16-12-18-17(23-9-10-24-18)11-15(16)21-19(22)13-4-6-14(20)7-5-13/h4-7,11-12H,2-3,8-10,20H2,1H3. The SMILES string of the molecule is CCCCn1c(-c2ccc(N)cc2)nc2cc3c(cc21)OCCO3. The van der Waals surface area contributed by atoms with Crippen molar-refractivity contribution in [3.8, 4) is 22.9 Å². The van der Waals surface area contributed by atoms with Gasteiger partial charge >= 0.3 is 0 Å². The summed E-state index contributed by atoms with van der Waals surface area (Å²) in [4.78, 5) is 4.86. The zero-order valence-electron chi connectivity index (χ0n) is 13.8. The summed E-state index contributed by atoms with van der Waals surface area (Å²) in [6, 6.07) is 11.9. The first-order chi connectivity index (χ1) is 11.8. The van der Waals surface area contributed by atoms with Gasteiger partial charge in [-0.3, -0.25) is 0 Å². The maximum atomic E-state index is 5.82. The van der Waals surface area contributed by atoms with Crippen molar-refractivity contribution in [2.75, 3.05) is 18.9 Å². The summed E-state index contributed by atoms with van der Waals surface area (Å²) in [5.41, 5.74) is 9.66. The van der Waals surface area contributed by atoms with Gasteiger partial charge in [0.2, 0.25) is 0 Å². The van der Waals surface area contributed by atoms with Crippen molar-refractivity contribution in [3.63, 3.8) is 0 Å². The van der Waals surface area contributed by atoms with Gasteiger partial charge < -0.3 is 19.8 Å². The number of hydrogen-bond donors (Lipinski definition) is 1. The number of rotatable bonds is 4. The van der Waals surface area contributed by atoms with E-state index in [1.165, 1.54) is 0 Å². The number of imidazole rings is 1. The quantitative estimate of drug-likeness (QED) is 0.741. The fourth-order valence-electron chi connectivity index (χ4n) is 3.06. The van der Waals surface area contributed by atoms with Gasteiger partial charge in [0.25, 0.3) is 0 Å². The van der Waals surface area contributed by atoms with Crippen LogP contribution < -0.4 is 15.2 Å². The highest BCUT2D eigenvalue weighted by atomic mass is 16.6. The first-order valence-electron chi connectivity index (χ1n) is 8.42. The number of ether oxygens (including phenoxy) is 2. The molecule has 24 heavy (non-hydrogen) atoms. The van der Waals surface area contributed by atoms with Crippen molar-refractivity contribution in [2.24, 2.45) is 0 Å². The lowest BCUT2D eigenvalue weighted by atomic mass is 10.2. The number of anilines is 1. The van der Waals surface area contributed by atoms with E-state index in [1.54, 1.807) is 0 Å². The molecule has 1 aliphatic heterocycles. The number of unbranched alkanes of at least 4 members (excludes halogenated alkanes) is 1. The van der Waals surface area contributed by atoms with E-state index in [9.17, 15) is 0 Å². The molecule has 0 amide bonds. The van der Waals surface area contributed by atoms with E-state index in [-0.39, 0.29) is 0 Å². The van der Waals surface area contributed by atoms with Crippen LogP contribution in [0, 0.1) is 0 Å². The Morgan fingerprint density at radius 2 is 1.79 bits per heavy atom. The summed E-state index contributed by atoms with van der Waals surface area (Å²) < 4.78 is 13.7. The van der Waals surface area contributed by atoms with Crippen molar-refractivity contribution in [1.29, 1.82) is 0 Å². The molecule has 2 N–H and O–H groups in total. The average molecular weight is 323 g/mol. The number of nitrogen functional groups attached to an aromatic ring is 1. The second kappa shape index (κ2) is 6.07. The molecular formula is C19H21N3O2. The molecule has 5 nitrogen and oxygen atoms in total. The Kier molecular flexibility index (Phi) is 3.76. The molecule has 5 heteroatoms. The number of fused-ring (bicyclic) bond motifs is 2. The predicted molar refractivity (Wildman–Crippen MR) is 95.5 cm³/mol. The fourth-order valence-corrected chi connectivity index (χ4v) is 3.06. The third-order valence-electron chi connectivity index (χ3n) is 4.32. The molecule has 0 atom stereocenters. The van der Waals surface area contributed by atoms with Crippen LogP contribution in [-0.4, -0.2) is 22.8 Å². The van der Waals surface area contributed by atoms with Gasteiger partial charge in [-0.25, -0.2) is 4.98 Å². The lowest BCUT2D eigenvalue weighted by molar-refractivity contribution is 0.172. The molecule has 1 aliphatic rings. The lowest BCUT2D eigenvalue weighted by Gasteiger charge is -2.18. The van der Waals surface area contributed by atoms with Crippen LogP contribution in [0.4, 0.5) is 5.69 Å². The third-order valence-corrected chi connectivity index (χ3v) is 4.32. The zero-order chi connectivity index (χ0) is 16.5. The minimum absolute atomic E-state index is 0.583. The highest BCUT2D eigenvalue weighted by Crippen LogP contribution is 2.36. The van der Waals surface area contributed by atoms with Gasteiger partial charge in [-0.1, -0.05) is 13.3 Å². The highest BCUT2D eigenvalue weighted by molar-refractivity contribution is 5.84. The van der Waals surface area contributed by atoms with E-state index >= 15 is 0 Å². The fraction of sp³-hybridized carbons (Fsp3) is 0.316. The van der Waals surface area contributed by atoms with Crippen molar-refractivity contribution in [2.45, 2.75) is 26.3 Å². The molecule has 0 spiro atoms. The van der Waals surface area contributed by atoms with E-state index in [4.69, 9.17) is 20.2 Å². The monoisotopic (exact) mass is 323 g/mol. The van der Waals surface area contributed by atoms with Crippen LogP contribution in [-0.2, 0) is 6.54 Å². The smallest absolute Gasteiger partial charge is 0.163 e. The molecule has 0 saturated carbocycles. The minimum atomic E-state index is 0.583. The van der Waals surface area contributed by atoms with Crippen LogP contribution in [0.2, 0.25) is 0 Å². The molecule has 0 unspecified atom stereocenters. The lowest BCUT2D eigenvalue weighted by Crippen LogP contribution is -2.15. The van der Waals surface area contributed by atoms with Crippen LogP contribution in [0.1, 0.15) is 19.8 Å². The van der Waals surface area contributed by atoms with Gasteiger partial charge in [0.1, 0.15) is 19.0 Å². The number of hydrogen-bond acceptors (Lipinski definition) is 4. The Morgan fingerprint density at radius 3 is 2.50 bits per heavy atom. The first-order valence-corrected chi connectivity index (χ1v) is 8.42. The van der Waals surface area contributed by atoms with Gasteiger partial charge in [-0.15, -0.1) is 0 Å². The molecule has 0 bridgehead atoms. The van der Waals surface area contributed by atoms with E-state index in [1.807, 2.05) is 36.4 Å². The van der Waals surface area contributed by atoms with Gasteiger partial charge in [-0.05, 0) is 30.7 Å². The van der Waals surface area contributed by atoms with Crippen LogP contribution in [0.15, 0.2) is 36.4 Å².